The molecule has 166 valence electrons. The third kappa shape index (κ3) is 4.99. The number of rotatable bonds is 10. The molecule has 0 aliphatic rings. The summed E-state index contributed by atoms with van der Waals surface area (Å²) >= 11 is 1.43. The van der Waals surface area contributed by atoms with Crippen molar-refractivity contribution < 1.29 is 18.4 Å². The lowest BCUT2D eigenvalue weighted by atomic mass is 10.2. The van der Waals surface area contributed by atoms with Crippen molar-refractivity contribution in [2.24, 2.45) is 5.73 Å². The second-order valence-electron chi connectivity index (χ2n) is 6.96. The molecule has 3 aromatic heterocycles. The molecule has 0 radical (unpaired) electrons. The molecule has 1 amide bonds. The Bertz CT molecular complexity index is 1170. The molecular weight excluding hydrogens is 432 g/mol. The Kier molecular flexibility index (Phi) is 6.55. The number of primary amides is 1. The van der Waals surface area contributed by atoms with E-state index in [0.29, 0.717) is 35.7 Å². The molecule has 0 saturated heterocycles. The van der Waals surface area contributed by atoms with E-state index in [-0.39, 0.29) is 11.7 Å². The average Bonchev–Trinajstić information content (AvgIpc) is 3.55. The minimum absolute atomic E-state index is 0.182. The highest BCUT2D eigenvalue weighted by Gasteiger charge is 2.22. The zero-order valence-corrected chi connectivity index (χ0v) is 18.4. The first-order valence-corrected chi connectivity index (χ1v) is 10.8. The van der Waals surface area contributed by atoms with Gasteiger partial charge in [-0.3, -0.25) is 9.36 Å². The highest BCUT2D eigenvalue weighted by atomic mass is 32.2. The molecule has 1 atom stereocenters. The zero-order valence-electron chi connectivity index (χ0n) is 17.6. The summed E-state index contributed by atoms with van der Waals surface area (Å²) < 4.78 is 18.4. The zero-order chi connectivity index (χ0) is 22.5. The number of thioether (sulfide) groups is 1. The SMILES string of the molecule is COc1ccc(-c2nnc([C@@H](C)Sc3nnc(CCC(N)=O)n3Cc3ccco3)o2)cc1. The fourth-order valence-corrected chi connectivity index (χ4v) is 3.90. The molecule has 0 unspecified atom stereocenters. The first kappa shape index (κ1) is 21.6. The molecule has 0 aliphatic carbocycles. The summed E-state index contributed by atoms with van der Waals surface area (Å²) in [6.45, 7) is 2.38. The number of amides is 1. The van der Waals surface area contributed by atoms with Crippen LogP contribution in [0, 0.1) is 0 Å². The number of aromatic nitrogens is 5. The van der Waals surface area contributed by atoms with Crippen LogP contribution >= 0.6 is 11.8 Å². The number of hydrogen-bond donors (Lipinski definition) is 1. The Hall–Kier alpha value is -3.60. The summed E-state index contributed by atoms with van der Waals surface area (Å²) in [5.41, 5.74) is 6.10. The lowest BCUT2D eigenvalue weighted by Crippen LogP contribution is -2.14. The summed E-state index contributed by atoms with van der Waals surface area (Å²) in [4.78, 5) is 11.2. The standard InChI is InChI=1S/C21H22N6O4S/c1-13(19-24-25-20(31-19)14-5-7-15(29-2)8-6-14)32-21-26-23-18(10-9-17(22)28)27(21)12-16-4-3-11-30-16/h3-8,11,13H,9-10,12H2,1-2H3,(H2,22,28)/t13-/m1/s1. The van der Waals surface area contributed by atoms with Gasteiger partial charge in [-0.05, 0) is 43.3 Å². The van der Waals surface area contributed by atoms with E-state index in [1.54, 1.807) is 13.4 Å². The van der Waals surface area contributed by atoms with Crippen molar-refractivity contribution in [3.8, 4) is 17.2 Å². The number of nitrogens with zero attached hydrogens (tertiary/aromatic N) is 5. The van der Waals surface area contributed by atoms with Gasteiger partial charge in [0.2, 0.25) is 17.7 Å². The van der Waals surface area contributed by atoms with Crippen molar-refractivity contribution >= 4 is 17.7 Å². The molecule has 4 rings (SSSR count). The van der Waals surface area contributed by atoms with Gasteiger partial charge in [0.1, 0.15) is 17.3 Å². The van der Waals surface area contributed by atoms with Crippen LogP contribution in [0.5, 0.6) is 5.75 Å². The van der Waals surface area contributed by atoms with Crippen LogP contribution < -0.4 is 10.5 Å². The number of ether oxygens (including phenoxy) is 1. The molecular formula is C21H22N6O4S. The van der Waals surface area contributed by atoms with Gasteiger partial charge >= 0.3 is 0 Å². The second-order valence-corrected chi connectivity index (χ2v) is 8.27. The van der Waals surface area contributed by atoms with Crippen LogP contribution in [0.25, 0.3) is 11.5 Å². The monoisotopic (exact) mass is 454 g/mol. The molecule has 0 spiro atoms. The predicted molar refractivity (Wildman–Crippen MR) is 116 cm³/mol. The van der Waals surface area contributed by atoms with Crippen LogP contribution in [-0.4, -0.2) is 38.0 Å². The maximum atomic E-state index is 11.2. The highest BCUT2D eigenvalue weighted by Crippen LogP contribution is 2.35. The Morgan fingerprint density at radius 2 is 2.00 bits per heavy atom. The highest BCUT2D eigenvalue weighted by molar-refractivity contribution is 7.99. The van der Waals surface area contributed by atoms with E-state index in [0.717, 1.165) is 17.1 Å². The van der Waals surface area contributed by atoms with Gasteiger partial charge in [-0.2, -0.15) is 0 Å². The van der Waals surface area contributed by atoms with Gasteiger partial charge in [-0.1, -0.05) is 11.8 Å². The van der Waals surface area contributed by atoms with E-state index in [1.807, 2.05) is 47.9 Å². The van der Waals surface area contributed by atoms with Crippen molar-refractivity contribution in [2.75, 3.05) is 7.11 Å². The van der Waals surface area contributed by atoms with E-state index in [2.05, 4.69) is 20.4 Å². The van der Waals surface area contributed by atoms with E-state index in [4.69, 9.17) is 19.3 Å². The molecule has 0 saturated carbocycles. The van der Waals surface area contributed by atoms with E-state index in [9.17, 15) is 4.79 Å². The van der Waals surface area contributed by atoms with Gasteiger partial charge in [0.15, 0.2) is 5.16 Å². The number of furan rings is 1. The molecule has 32 heavy (non-hydrogen) atoms. The molecule has 0 fully saturated rings. The molecule has 2 N–H and O–H groups in total. The lowest BCUT2D eigenvalue weighted by molar-refractivity contribution is -0.118. The topological polar surface area (TPSA) is 135 Å². The molecule has 11 heteroatoms. The molecule has 10 nitrogen and oxygen atoms in total. The van der Waals surface area contributed by atoms with Gasteiger partial charge in [-0.25, -0.2) is 0 Å². The number of aryl methyl sites for hydroxylation is 1. The first-order valence-electron chi connectivity index (χ1n) is 9.90. The predicted octanol–water partition coefficient (Wildman–Crippen LogP) is 3.25. The van der Waals surface area contributed by atoms with E-state index in [1.165, 1.54) is 11.8 Å². The fourth-order valence-electron chi connectivity index (χ4n) is 3.00. The summed E-state index contributed by atoms with van der Waals surface area (Å²) in [5, 5.41) is 17.4. The summed E-state index contributed by atoms with van der Waals surface area (Å²) in [6, 6.07) is 11.1. The third-order valence-corrected chi connectivity index (χ3v) is 5.76. The fraction of sp³-hybridized carbons (Fsp3) is 0.286. The summed E-state index contributed by atoms with van der Waals surface area (Å²) in [7, 11) is 1.61. The Balaban J connectivity index is 1.52. The van der Waals surface area contributed by atoms with Crippen LogP contribution in [0.3, 0.4) is 0 Å². The number of carbonyl (C=O) groups is 1. The van der Waals surface area contributed by atoms with Crippen LogP contribution in [0.15, 0.2) is 56.7 Å². The first-order chi connectivity index (χ1) is 15.5. The molecule has 4 aromatic rings. The quantitative estimate of drug-likeness (QED) is 0.358. The van der Waals surface area contributed by atoms with Crippen LogP contribution in [-0.2, 0) is 17.8 Å². The second kappa shape index (κ2) is 9.69. The summed E-state index contributed by atoms with van der Waals surface area (Å²) in [6.07, 6.45) is 2.18. The largest absolute Gasteiger partial charge is 0.497 e. The minimum atomic E-state index is -0.392. The van der Waals surface area contributed by atoms with Crippen molar-refractivity contribution in [3.05, 3.63) is 60.1 Å². The van der Waals surface area contributed by atoms with Crippen LogP contribution in [0.4, 0.5) is 0 Å². The van der Waals surface area contributed by atoms with Crippen molar-refractivity contribution in [1.29, 1.82) is 0 Å². The van der Waals surface area contributed by atoms with Crippen molar-refractivity contribution in [2.45, 2.75) is 36.7 Å². The maximum absolute atomic E-state index is 11.2. The maximum Gasteiger partial charge on any atom is 0.247 e. The Morgan fingerprint density at radius 1 is 1.19 bits per heavy atom. The van der Waals surface area contributed by atoms with Gasteiger partial charge in [0, 0.05) is 18.4 Å². The average molecular weight is 455 g/mol. The van der Waals surface area contributed by atoms with E-state index >= 15 is 0 Å². The minimum Gasteiger partial charge on any atom is -0.497 e. The van der Waals surface area contributed by atoms with Gasteiger partial charge in [0.05, 0.1) is 25.2 Å². The Labute approximate surface area is 188 Å². The van der Waals surface area contributed by atoms with Crippen LogP contribution in [0.1, 0.15) is 36.1 Å². The lowest BCUT2D eigenvalue weighted by Gasteiger charge is -2.10. The molecule has 1 aromatic carbocycles. The number of benzene rings is 1. The normalized spacial score (nSPS) is 12.1. The molecule has 3 heterocycles. The molecule has 0 bridgehead atoms. The van der Waals surface area contributed by atoms with Crippen molar-refractivity contribution in [1.82, 2.24) is 25.0 Å². The van der Waals surface area contributed by atoms with Crippen molar-refractivity contribution in [3.63, 3.8) is 0 Å². The summed E-state index contributed by atoms with van der Waals surface area (Å²) in [5.74, 6) is 2.65. The number of carbonyl (C=O) groups excluding carboxylic acids is 1. The number of nitrogens with two attached hydrogens (primary N) is 1. The van der Waals surface area contributed by atoms with Gasteiger partial charge in [-0.15, -0.1) is 20.4 Å². The third-order valence-electron chi connectivity index (χ3n) is 4.69. The van der Waals surface area contributed by atoms with E-state index < -0.39 is 5.91 Å². The molecule has 0 aliphatic heterocycles. The van der Waals surface area contributed by atoms with Crippen LogP contribution in [0.2, 0.25) is 0 Å². The smallest absolute Gasteiger partial charge is 0.247 e. The number of hydrogen-bond acceptors (Lipinski definition) is 9. The Morgan fingerprint density at radius 3 is 2.69 bits per heavy atom. The van der Waals surface area contributed by atoms with Gasteiger partial charge in [0.25, 0.3) is 0 Å². The number of methoxy groups -OCH3 is 1. The van der Waals surface area contributed by atoms with Gasteiger partial charge < -0.3 is 19.3 Å².